The smallest absolute Gasteiger partial charge is 0.274 e. The topological polar surface area (TPSA) is 46.6 Å². The molecule has 6 heteroatoms. The average Bonchev–Trinajstić information content (AvgIpc) is 3.06. The van der Waals surface area contributed by atoms with Gasteiger partial charge in [-0.3, -0.25) is 4.31 Å². The van der Waals surface area contributed by atoms with Crippen LogP contribution in [-0.4, -0.2) is 21.6 Å². The van der Waals surface area contributed by atoms with Crippen molar-refractivity contribution in [2.45, 2.75) is 4.21 Å². The van der Waals surface area contributed by atoms with Crippen molar-refractivity contribution in [3.8, 4) is 5.75 Å². The van der Waals surface area contributed by atoms with E-state index in [0.29, 0.717) is 22.3 Å². The van der Waals surface area contributed by atoms with E-state index in [2.05, 4.69) is 13.2 Å². The SMILES string of the molecule is C=CCOc1ccc(N(CC=C)S(=O)(=O)c2cccs2)cc1. The highest BCUT2D eigenvalue weighted by molar-refractivity contribution is 7.94. The molecule has 1 heterocycles. The fourth-order valence-corrected chi connectivity index (χ4v) is 4.38. The van der Waals surface area contributed by atoms with Gasteiger partial charge in [-0.15, -0.1) is 17.9 Å². The van der Waals surface area contributed by atoms with Crippen LogP contribution in [0.25, 0.3) is 0 Å². The maximum atomic E-state index is 12.7. The molecule has 0 aliphatic rings. The summed E-state index contributed by atoms with van der Waals surface area (Å²) >= 11 is 1.19. The van der Waals surface area contributed by atoms with Crippen molar-refractivity contribution in [3.05, 3.63) is 67.1 Å². The summed E-state index contributed by atoms with van der Waals surface area (Å²) in [5.74, 6) is 0.663. The van der Waals surface area contributed by atoms with E-state index >= 15 is 0 Å². The van der Waals surface area contributed by atoms with Crippen LogP contribution in [0.15, 0.2) is 71.3 Å². The van der Waals surface area contributed by atoms with Crippen LogP contribution in [0, 0.1) is 0 Å². The highest BCUT2D eigenvalue weighted by Gasteiger charge is 2.24. The van der Waals surface area contributed by atoms with Gasteiger partial charge < -0.3 is 4.74 Å². The van der Waals surface area contributed by atoms with E-state index in [9.17, 15) is 8.42 Å². The summed E-state index contributed by atoms with van der Waals surface area (Å²) in [6.07, 6.45) is 3.21. The van der Waals surface area contributed by atoms with Gasteiger partial charge >= 0.3 is 0 Å². The molecule has 0 aliphatic carbocycles. The number of ether oxygens (including phenoxy) is 1. The third-order valence-electron chi connectivity index (χ3n) is 2.83. The summed E-state index contributed by atoms with van der Waals surface area (Å²) in [5, 5.41) is 1.74. The van der Waals surface area contributed by atoms with E-state index in [1.165, 1.54) is 15.6 Å². The van der Waals surface area contributed by atoms with Crippen molar-refractivity contribution >= 4 is 27.0 Å². The summed E-state index contributed by atoms with van der Waals surface area (Å²) in [5.41, 5.74) is 0.569. The molecule has 0 N–H and O–H groups in total. The van der Waals surface area contributed by atoms with Gasteiger partial charge in [0, 0.05) is 0 Å². The predicted octanol–water partition coefficient (Wildman–Crippen LogP) is 3.69. The molecule has 2 aromatic rings. The summed E-state index contributed by atoms with van der Waals surface area (Å²) in [4.78, 5) is 0. The lowest BCUT2D eigenvalue weighted by atomic mass is 10.3. The van der Waals surface area contributed by atoms with Gasteiger partial charge in [-0.2, -0.15) is 0 Å². The van der Waals surface area contributed by atoms with Gasteiger partial charge in [0.05, 0.1) is 12.2 Å². The van der Waals surface area contributed by atoms with Crippen LogP contribution < -0.4 is 9.04 Å². The third-order valence-corrected chi connectivity index (χ3v) is 5.99. The van der Waals surface area contributed by atoms with Crippen LogP contribution in [-0.2, 0) is 10.0 Å². The number of sulfonamides is 1. The predicted molar refractivity (Wildman–Crippen MR) is 91.2 cm³/mol. The Labute approximate surface area is 135 Å². The number of hydrogen-bond donors (Lipinski definition) is 0. The van der Waals surface area contributed by atoms with E-state index in [1.807, 2.05) is 0 Å². The average molecular weight is 335 g/mol. The Bertz CT molecular complexity index is 719. The monoisotopic (exact) mass is 335 g/mol. The second-order valence-corrected chi connectivity index (χ2v) is 7.39. The molecule has 116 valence electrons. The molecule has 0 spiro atoms. The van der Waals surface area contributed by atoms with Crippen molar-refractivity contribution in [2.24, 2.45) is 0 Å². The van der Waals surface area contributed by atoms with Crippen molar-refractivity contribution < 1.29 is 13.2 Å². The standard InChI is InChI=1S/C16H17NO3S2/c1-3-11-17(22(18,19)16-6-5-13-21-16)14-7-9-15(10-8-14)20-12-4-2/h3-10,13H,1-2,11-12H2. The quantitative estimate of drug-likeness (QED) is 0.691. The van der Waals surface area contributed by atoms with Gasteiger partial charge in [-0.05, 0) is 35.7 Å². The van der Waals surface area contributed by atoms with Crippen molar-refractivity contribution in [3.63, 3.8) is 0 Å². The Morgan fingerprint density at radius 1 is 1.14 bits per heavy atom. The van der Waals surface area contributed by atoms with Gasteiger partial charge in [0.15, 0.2) is 0 Å². The minimum absolute atomic E-state index is 0.201. The maximum Gasteiger partial charge on any atom is 0.274 e. The minimum Gasteiger partial charge on any atom is -0.490 e. The fraction of sp³-hybridized carbons (Fsp3) is 0.125. The molecule has 0 unspecified atom stereocenters. The zero-order valence-electron chi connectivity index (χ0n) is 12.0. The van der Waals surface area contributed by atoms with Crippen LogP contribution in [0.1, 0.15) is 0 Å². The van der Waals surface area contributed by atoms with Gasteiger partial charge in [-0.25, -0.2) is 8.42 Å². The zero-order valence-corrected chi connectivity index (χ0v) is 13.6. The lowest BCUT2D eigenvalue weighted by molar-refractivity contribution is 0.363. The molecule has 0 fully saturated rings. The zero-order chi connectivity index (χ0) is 16.0. The van der Waals surface area contributed by atoms with Gasteiger partial charge in [0.2, 0.25) is 0 Å². The molecule has 1 aromatic heterocycles. The Hall–Kier alpha value is -2.05. The first-order valence-electron chi connectivity index (χ1n) is 6.60. The first kappa shape index (κ1) is 16.3. The molecule has 0 atom stereocenters. The second kappa shape index (κ2) is 7.29. The number of nitrogens with zero attached hydrogens (tertiary/aromatic N) is 1. The number of thiophene rings is 1. The molecular weight excluding hydrogens is 318 g/mol. The molecule has 0 amide bonds. The minimum atomic E-state index is -3.58. The molecule has 0 bridgehead atoms. The van der Waals surface area contributed by atoms with Crippen molar-refractivity contribution in [1.29, 1.82) is 0 Å². The summed E-state index contributed by atoms with van der Waals surface area (Å²) in [6.45, 7) is 7.83. The Morgan fingerprint density at radius 2 is 1.86 bits per heavy atom. The highest BCUT2D eigenvalue weighted by atomic mass is 32.2. The maximum absolute atomic E-state index is 12.7. The lowest BCUT2D eigenvalue weighted by Crippen LogP contribution is -2.30. The Kier molecular flexibility index (Phi) is 5.41. The van der Waals surface area contributed by atoms with Crippen LogP contribution >= 0.6 is 11.3 Å². The molecule has 0 saturated carbocycles. The van der Waals surface area contributed by atoms with E-state index < -0.39 is 10.0 Å². The molecule has 4 nitrogen and oxygen atoms in total. The number of benzene rings is 1. The third kappa shape index (κ3) is 3.58. The van der Waals surface area contributed by atoms with E-state index in [-0.39, 0.29) is 6.54 Å². The van der Waals surface area contributed by atoms with Crippen molar-refractivity contribution in [2.75, 3.05) is 17.5 Å². The van der Waals surface area contributed by atoms with Crippen molar-refractivity contribution in [1.82, 2.24) is 0 Å². The Morgan fingerprint density at radius 3 is 2.41 bits per heavy atom. The lowest BCUT2D eigenvalue weighted by Gasteiger charge is -2.22. The van der Waals surface area contributed by atoms with E-state index in [4.69, 9.17) is 4.74 Å². The first-order chi connectivity index (χ1) is 10.6. The Balaban J connectivity index is 2.32. The number of rotatable bonds is 8. The van der Waals surface area contributed by atoms with E-state index in [1.54, 1.807) is 53.9 Å². The molecule has 1 aromatic carbocycles. The summed E-state index contributed by atoms with van der Waals surface area (Å²) in [6, 6.07) is 10.2. The van der Waals surface area contributed by atoms with Gasteiger partial charge in [-0.1, -0.05) is 24.8 Å². The van der Waals surface area contributed by atoms with E-state index in [0.717, 1.165) is 0 Å². The molecule has 0 radical (unpaired) electrons. The van der Waals surface area contributed by atoms with Gasteiger partial charge in [0.1, 0.15) is 16.6 Å². The highest BCUT2D eigenvalue weighted by Crippen LogP contribution is 2.27. The number of hydrogen-bond acceptors (Lipinski definition) is 4. The molecule has 22 heavy (non-hydrogen) atoms. The van der Waals surface area contributed by atoms with Gasteiger partial charge in [0.25, 0.3) is 10.0 Å². The first-order valence-corrected chi connectivity index (χ1v) is 8.92. The molecular formula is C16H17NO3S2. The summed E-state index contributed by atoms with van der Waals surface area (Å²) < 4.78 is 32.4. The summed E-state index contributed by atoms with van der Waals surface area (Å²) in [7, 11) is -3.58. The van der Waals surface area contributed by atoms with Crippen LogP contribution in [0.4, 0.5) is 5.69 Å². The molecule has 0 saturated heterocycles. The number of anilines is 1. The van der Waals surface area contributed by atoms with Crippen LogP contribution in [0.5, 0.6) is 5.75 Å². The van der Waals surface area contributed by atoms with Crippen LogP contribution in [0.3, 0.4) is 0 Å². The van der Waals surface area contributed by atoms with Crippen LogP contribution in [0.2, 0.25) is 0 Å². The largest absolute Gasteiger partial charge is 0.490 e. The molecule has 2 rings (SSSR count). The normalized spacial score (nSPS) is 10.9. The second-order valence-electron chi connectivity index (χ2n) is 4.35. The molecule has 0 aliphatic heterocycles. The fourth-order valence-electron chi connectivity index (χ4n) is 1.84.